The summed E-state index contributed by atoms with van der Waals surface area (Å²) in [6.07, 6.45) is 8.77. The van der Waals surface area contributed by atoms with Crippen molar-refractivity contribution in [2.45, 2.75) is 6.42 Å². The second-order valence-corrected chi connectivity index (χ2v) is 2.19. The summed E-state index contributed by atoms with van der Waals surface area (Å²) in [4.78, 5) is 0. The van der Waals surface area contributed by atoms with Crippen LogP contribution in [0, 0.1) is 0 Å². The molecular formula is C8H8O2. The third kappa shape index (κ3) is 0.817. The maximum Gasteiger partial charge on any atom is 0.230 e. The highest BCUT2D eigenvalue weighted by Gasteiger charge is 2.13. The SMILES string of the molecule is C1=CCC2=C(C=C1)OCO2. The Morgan fingerprint density at radius 3 is 3.20 bits per heavy atom. The van der Waals surface area contributed by atoms with E-state index in [0.717, 1.165) is 17.9 Å². The Labute approximate surface area is 59.4 Å². The molecule has 0 radical (unpaired) electrons. The van der Waals surface area contributed by atoms with Crippen LogP contribution in [0.4, 0.5) is 0 Å². The predicted molar refractivity (Wildman–Crippen MR) is 37.0 cm³/mol. The molecule has 2 heteroatoms. The molecular weight excluding hydrogens is 128 g/mol. The summed E-state index contributed by atoms with van der Waals surface area (Å²) >= 11 is 0. The molecule has 10 heavy (non-hydrogen) atoms. The highest BCUT2D eigenvalue weighted by atomic mass is 16.7. The van der Waals surface area contributed by atoms with E-state index >= 15 is 0 Å². The largest absolute Gasteiger partial charge is 0.458 e. The third-order valence-corrected chi connectivity index (χ3v) is 1.52. The van der Waals surface area contributed by atoms with E-state index < -0.39 is 0 Å². The summed E-state index contributed by atoms with van der Waals surface area (Å²) in [5.74, 6) is 1.83. The van der Waals surface area contributed by atoms with Crippen molar-refractivity contribution < 1.29 is 9.47 Å². The molecule has 0 fully saturated rings. The summed E-state index contributed by atoms with van der Waals surface area (Å²) in [6, 6.07) is 0. The maximum absolute atomic E-state index is 5.19. The Hall–Kier alpha value is -1.18. The molecule has 52 valence electrons. The van der Waals surface area contributed by atoms with Crippen LogP contribution in [-0.2, 0) is 9.47 Å². The van der Waals surface area contributed by atoms with Crippen LogP contribution in [0.25, 0.3) is 0 Å². The van der Waals surface area contributed by atoms with Gasteiger partial charge in [-0.05, 0) is 6.08 Å². The molecule has 0 aromatic carbocycles. The summed E-state index contributed by atoms with van der Waals surface area (Å²) in [6.45, 7) is 0.378. The molecule has 0 bridgehead atoms. The first-order chi connectivity index (χ1) is 4.97. The molecule has 2 aliphatic rings. The monoisotopic (exact) mass is 136 g/mol. The lowest BCUT2D eigenvalue weighted by atomic mass is 10.3. The van der Waals surface area contributed by atoms with Crippen LogP contribution < -0.4 is 0 Å². The fourth-order valence-corrected chi connectivity index (χ4v) is 1.01. The van der Waals surface area contributed by atoms with Gasteiger partial charge in [-0.15, -0.1) is 0 Å². The van der Waals surface area contributed by atoms with E-state index in [9.17, 15) is 0 Å². The Morgan fingerprint density at radius 2 is 2.20 bits per heavy atom. The zero-order valence-electron chi connectivity index (χ0n) is 5.54. The second-order valence-electron chi connectivity index (χ2n) is 2.19. The average molecular weight is 136 g/mol. The van der Waals surface area contributed by atoms with Crippen molar-refractivity contribution in [3.05, 3.63) is 35.8 Å². The van der Waals surface area contributed by atoms with Crippen LogP contribution in [0.15, 0.2) is 35.8 Å². The molecule has 0 saturated carbocycles. The van der Waals surface area contributed by atoms with Crippen molar-refractivity contribution in [2.24, 2.45) is 0 Å². The lowest BCUT2D eigenvalue weighted by Crippen LogP contribution is -1.82. The minimum atomic E-state index is 0.378. The van der Waals surface area contributed by atoms with Gasteiger partial charge in [0.05, 0.1) is 0 Å². The summed E-state index contributed by atoms with van der Waals surface area (Å²) in [5, 5.41) is 0. The van der Waals surface area contributed by atoms with Crippen LogP contribution in [0.3, 0.4) is 0 Å². The van der Waals surface area contributed by atoms with Crippen LogP contribution in [-0.4, -0.2) is 6.79 Å². The second kappa shape index (κ2) is 2.21. The van der Waals surface area contributed by atoms with Gasteiger partial charge in [0, 0.05) is 6.42 Å². The first-order valence-electron chi connectivity index (χ1n) is 3.29. The molecule has 1 aliphatic carbocycles. The van der Waals surface area contributed by atoms with E-state index in [1.165, 1.54) is 0 Å². The van der Waals surface area contributed by atoms with Gasteiger partial charge in [0.2, 0.25) is 6.79 Å². The smallest absolute Gasteiger partial charge is 0.230 e. The normalized spacial score (nSPS) is 21.6. The third-order valence-electron chi connectivity index (χ3n) is 1.52. The van der Waals surface area contributed by atoms with Gasteiger partial charge >= 0.3 is 0 Å². The lowest BCUT2D eigenvalue weighted by Gasteiger charge is -1.93. The average Bonchev–Trinajstić information content (AvgIpc) is 2.28. The molecule has 0 atom stereocenters. The molecule has 0 amide bonds. The van der Waals surface area contributed by atoms with Crippen molar-refractivity contribution in [1.82, 2.24) is 0 Å². The zero-order chi connectivity index (χ0) is 6.81. The van der Waals surface area contributed by atoms with Crippen molar-refractivity contribution in [3.63, 3.8) is 0 Å². The van der Waals surface area contributed by atoms with E-state index in [2.05, 4.69) is 0 Å². The van der Waals surface area contributed by atoms with Crippen LogP contribution in [0.1, 0.15) is 6.42 Å². The van der Waals surface area contributed by atoms with Crippen LogP contribution >= 0.6 is 0 Å². The van der Waals surface area contributed by atoms with E-state index in [4.69, 9.17) is 9.47 Å². The number of hydrogen-bond donors (Lipinski definition) is 0. The Morgan fingerprint density at radius 1 is 1.20 bits per heavy atom. The van der Waals surface area contributed by atoms with E-state index in [-0.39, 0.29) is 0 Å². The Kier molecular flexibility index (Phi) is 1.24. The first-order valence-corrected chi connectivity index (χ1v) is 3.29. The summed E-state index contributed by atoms with van der Waals surface area (Å²) < 4.78 is 10.4. The van der Waals surface area contributed by atoms with Crippen LogP contribution in [0.2, 0.25) is 0 Å². The van der Waals surface area contributed by atoms with E-state index in [0.29, 0.717) is 6.79 Å². The van der Waals surface area contributed by atoms with Gasteiger partial charge in [0.25, 0.3) is 0 Å². The molecule has 0 unspecified atom stereocenters. The van der Waals surface area contributed by atoms with Crippen molar-refractivity contribution >= 4 is 0 Å². The highest BCUT2D eigenvalue weighted by Crippen LogP contribution is 2.22. The Balaban J connectivity index is 2.30. The number of rotatable bonds is 0. The van der Waals surface area contributed by atoms with E-state index in [1.807, 2.05) is 24.3 Å². The number of hydrogen-bond acceptors (Lipinski definition) is 2. The topological polar surface area (TPSA) is 18.5 Å². The van der Waals surface area contributed by atoms with Gasteiger partial charge in [0.15, 0.2) is 5.76 Å². The zero-order valence-corrected chi connectivity index (χ0v) is 5.54. The molecule has 0 saturated heterocycles. The maximum atomic E-state index is 5.19. The summed E-state index contributed by atoms with van der Waals surface area (Å²) in [7, 11) is 0. The minimum absolute atomic E-state index is 0.378. The minimum Gasteiger partial charge on any atom is -0.458 e. The molecule has 0 aromatic heterocycles. The van der Waals surface area contributed by atoms with Gasteiger partial charge < -0.3 is 9.47 Å². The number of allylic oxidation sites excluding steroid dienone is 4. The molecule has 0 aromatic rings. The van der Waals surface area contributed by atoms with Gasteiger partial charge in [-0.2, -0.15) is 0 Å². The molecule has 2 nitrogen and oxygen atoms in total. The van der Waals surface area contributed by atoms with Crippen molar-refractivity contribution in [2.75, 3.05) is 6.79 Å². The summed E-state index contributed by atoms with van der Waals surface area (Å²) in [5.41, 5.74) is 0. The fraction of sp³-hybridized carbons (Fsp3) is 0.250. The van der Waals surface area contributed by atoms with Gasteiger partial charge in [-0.25, -0.2) is 0 Å². The molecule has 1 aliphatic heterocycles. The first kappa shape index (κ1) is 5.59. The van der Waals surface area contributed by atoms with Crippen molar-refractivity contribution in [3.8, 4) is 0 Å². The fourth-order valence-electron chi connectivity index (χ4n) is 1.01. The van der Waals surface area contributed by atoms with Gasteiger partial charge in [-0.1, -0.05) is 18.2 Å². The van der Waals surface area contributed by atoms with Gasteiger partial charge in [-0.3, -0.25) is 0 Å². The lowest BCUT2D eigenvalue weighted by molar-refractivity contribution is 0.0732. The number of ether oxygens (including phenoxy) is 2. The Bertz CT molecular complexity index is 223. The molecule has 0 N–H and O–H groups in total. The van der Waals surface area contributed by atoms with E-state index in [1.54, 1.807) is 0 Å². The predicted octanol–water partition coefficient (Wildman–Crippen LogP) is 1.72. The quantitative estimate of drug-likeness (QED) is 0.504. The van der Waals surface area contributed by atoms with Gasteiger partial charge in [0.1, 0.15) is 5.76 Å². The molecule has 0 spiro atoms. The highest BCUT2D eigenvalue weighted by molar-refractivity contribution is 5.26. The standard InChI is InChI=1S/C8H8O2/c1-2-4-7-8(5-3-1)10-6-9-7/h1-4H,5-6H2. The molecule has 2 rings (SSSR count). The van der Waals surface area contributed by atoms with Crippen molar-refractivity contribution in [1.29, 1.82) is 0 Å². The van der Waals surface area contributed by atoms with Crippen LogP contribution in [0.5, 0.6) is 0 Å². The molecule has 1 heterocycles.